The van der Waals surface area contributed by atoms with Crippen molar-refractivity contribution >= 4 is 0 Å². The second kappa shape index (κ2) is 3.77. The summed E-state index contributed by atoms with van der Waals surface area (Å²) in [6.45, 7) is 2.18. The smallest absolute Gasteiger partial charge is 0.121 e. The minimum absolute atomic E-state index is 0.220. The van der Waals surface area contributed by atoms with Gasteiger partial charge in [-0.3, -0.25) is 0 Å². The lowest BCUT2D eigenvalue weighted by Gasteiger charge is -2.27. The van der Waals surface area contributed by atoms with E-state index in [0.717, 1.165) is 5.56 Å². The highest BCUT2D eigenvalue weighted by Gasteiger charge is 2.26. The second-order valence-electron chi connectivity index (χ2n) is 3.16. The first-order valence-electron chi connectivity index (χ1n) is 4.18. The molecule has 3 nitrogen and oxygen atoms in total. The van der Waals surface area contributed by atoms with Crippen LogP contribution in [0.4, 0.5) is 0 Å². The van der Waals surface area contributed by atoms with Crippen LogP contribution in [0.1, 0.15) is 12.5 Å². The number of phenols is 1. The molecule has 0 amide bonds. The molecule has 0 aliphatic rings. The third kappa shape index (κ3) is 1.82. The van der Waals surface area contributed by atoms with Crippen LogP contribution in [0.15, 0.2) is 24.3 Å². The Morgan fingerprint density at radius 3 is 2.54 bits per heavy atom. The normalized spacial score (nSPS) is 15.3. The largest absolute Gasteiger partial charge is 0.508 e. The summed E-state index contributed by atoms with van der Waals surface area (Å²) in [4.78, 5) is 0. The minimum atomic E-state index is -0.606. The maximum atomic E-state index is 9.57. The first-order valence-corrected chi connectivity index (χ1v) is 4.18. The molecule has 0 fully saturated rings. The van der Waals surface area contributed by atoms with E-state index in [1.807, 2.05) is 19.1 Å². The van der Waals surface area contributed by atoms with Gasteiger partial charge in [-0.05, 0) is 13.0 Å². The van der Waals surface area contributed by atoms with E-state index in [1.165, 1.54) is 0 Å². The highest BCUT2D eigenvalue weighted by molar-refractivity contribution is 5.36. The molecule has 0 aliphatic heterocycles. The fourth-order valence-corrected chi connectivity index (χ4v) is 1.22. The molecule has 13 heavy (non-hydrogen) atoms. The van der Waals surface area contributed by atoms with Crippen molar-refractivity contribution in [3.63, 3.8) is 0 Å². The predicted molar refractivity (Wildman–Crippen MR) is 51.5 cm³/mol. The van der Waals surface area contributed by atoms with Crippen LogP contribution in [-0.4, -0.2) is 18.8 Å². The maximum Gasteiger partial charge on any atom is 0.121 e. The second-order valence-corrected chi connectivity index (χ2v) is 3.16. The van der Waals surface area contributed by atoms with Gasteiger partial charge in [-0.15, -0.1) is 0 Å². The number of phenolic OH excluding ortho intramolecular Hbond substituents is 1. The fraction of sp³-hybridized carbons (Fsp3) is 0.400. The van der Waals surface area contributed by atoms with Crippen molar-refractivity contribution in [2.75, 3.05) is 13.7 Å². The Labute approximate surface area is 78.1 Å². The molecule has 0 heterocycles. The number of rotatable bonds is 3. The number of nitrogens with two attached hydrogens (primary N) is 1. The SMILES string of the molecule is COC(C)(CN)c1ccccc1O. The number of hydrogen-bond donors (Lipinski definition) is 2. The van der Waals surface area contributed by atoms with Crippen LogP contribution < -0.4 is 5.73 Å². The molecule has 72 valence electrons. The molecule has 3 heteroatoms. The molecule has 3 N–H and O–H groups in total. The van der Waals surface area contributed by atoms with Gasteiger partial charge in [0.05, 0.1) is 0 Å². The molecular formula is C10H15NO2. The molecule has 0 bridgehead atoms. The Bertz CT molecular complexity index is 282. The van der Waals surface area contributed by atoms with Gasteiger partial charge in [0, 0.05) is 19.2 Å². The molecule has 0 spiro atoms. The summed E-state index contributed by atoms with van der Waals surface area (Å²) in [6.07, 6.45) is 0. The third-order valence-electron chi connectivity index (χ3n) is 2.31. The average molecular weight is 181 g/mol. The average Bonchev–Trinajstić information content (AvgIpc) is 2.17. The Balaban J connectivity index is 3.12. The van der Waals surface area contributed by atoms with Crippen LogP contribution in [0, 0.1) is 0 Å². The van der Waals surface area contributed by atoms with Crippen molar-refractivity contribution in [3.05, 3.63) is 29.8 Å². The molecular weight excluding hydrogens is 166 g/mol. The molecule has 0 saturated heterocycles. The Morgan fingerprint density at radius 1 is 1.46 bits per heavy atom. The quantitative estimate of drug-likeness (QED) is 0.737. The van der Waals surface area contributed by atoms with Crippen molar-refractivity contribution in [2.45, 2.75) is 12.5 Å². The van der Waals surface area contributed by atoms with Crippen molar-refractivity contribution < 1.29 is 9.84 Å². The summed E-state index contributed by atoms with van der Waals surface area (Å²) in [5, 5.41) is 9.57. The molecule has 1 atom stereocenters. The van der Waals surface area contributed by atoms with Crippen LogP contribution >= 0.6 is 0 Å². The molecule has 1 aromatic rings. The van der Waals surface area contributed by atoms with Crippen molar-refractivity contribution in [3.8, 4) is 5.75 Å². The molecule has 0 radical (unpaired) electrons. The fourth-order valence-electron chi connectivity index (χ4n) is 1.22. The summed E-state index contributed by atoms with van der Waals surface area (Å²) in [5.41, 5.74) is 5.70. The van der Waals surface area contributed by atoms with Gasteiger partial charge in [-0.2, -0.15) is 0 Å². The van der Waals surface area contributed by atoms with E-state index in [0.29, 0.717) is 6.54 Å². The first-order chi connectivity index (χ1) is 6.14. The Kier molecular flexibility index (Phi) is 2.90. The van der Waals surface area contributed by atoms with Gasteiger partial charge in [-0.1, -0.05) is 18.2 Å². The summed E-state index contributed by atoms with van der Waals surface area (Å²) < 4.78 is 5.27. The number of hydrogen-bond acceptors (Lipinski definition) is 3. The highest BCUT2D eigenvalue weighted by Crippen LogP contribution is 2.30. The van der Waals surface area contributed by atoms with Crippen LogP contribution in [-0.2, 0) is 10.3 Å². The Morgan fingerprint density at radius 2 is 2.08 bits per heavy atom. The van der Waals surface area contributed by atoms with Crippen LogP contribution in [0.3, 0.4) is 0 Å². The molecule has 1 rings (SSSR count). The van der Waals surface area contributed by atoms with Gasteiger partial charge >= 0.3 is 0 Å². The number of methoxy groups -OCH3 is 1. The zero-order valence-corrected chi connectivity index (χ0v) is 7.95. The van der Waals surface area contributed by atoms with Crippen LogP contribution in [0.25, 0.3) is 0 Å². The predicted octanol–water partition coefficient (Wildman–Crippen LogP) is 1.21. The van der Waals surface area contributed by atoms with Gasteiger partial charge in [0.1, 0.15) is 11.4 Å². The van der Waals surface area contributed by atoms with E-state index < -0.39 is 5.60 Å². The van der Waals surface area contributed by atoms with Crippen LogP contribution in [0.2, 0.25) is 0 Å². The Hall–Kier alpha value is -1.06. The standard InChI is InChI=1S/C10H15NO2/c1-10(7-11,13-2)8-5-3-4-6-9(8)12/h3-6,12H,7,11H2,1-2H3. The summed E-state index contributed by atoms with van der Waals surface area (Å²) in [6, 6.07) is 7.06. The third-order valence-corrected chi connectivity index (χ3v) is 2.31. The van der Waals surface area contributed by atoms with E-state index in [9.17, 15) is 5.11 Å². The number of aromatic hydroxyl groups is 1. The lowest BCUT2D eigenvalue weighted by molar-refractivity contribution is 0.00827. The van der Waals surface area contributed by atoms with Crippen molar-refractivity contribution in [1.82, 2.24) is 0 Å². The first kappa shape index (κ1) is 10.0. The van der Waals surface area contributed by atoms with E-state index in [2.05, 4.69) is 0 Å². The lowest BCUT2D eigenvalue weighted by Crippen LogP contribution is -2.33. The highest BCUT2D eigenvalue weighted by atomic mass is 16.5. The van der Waals surface area contributed by atoms with E-state index in [4.69, 9.17) is 10.5 Å². The van der Waals surface area contributed by atoms with Crippen LogP contribution in [0.5, 0.6) is 5.75 Å². The van der Waals surface area contributed by atoms with Crippen molar-refractivity contribution in [1.29, 1.82) is 0 Å². The molecule has 1 aromatic carbocycles. The summed E-state index contributed by atoms with van der Waals surface area (Å²) in [7, 11) is 1.58. The monoisotopic (exact) mass is 181 g/mol. The maximum absolute atomic E-state index is 9.57. The molecule has 0 aliphatic carbocycles. The lowest BCUT2D eigenvalue weighted by atomic mass is 9.95. The number of para-hydroxylation sites is 1. The van der Waals surface area contributed by atoms with Gasteiger partial charge < -0.3 is 15.6 Å². The topological polar surface area (TPSA) is 55.5 Å². The molecule has 0 aromatic heterocycles. The van der Waals surface area contributed by atoms with Gasteiger partial charge in [0.2, 0.25) is 0 Å². The summed E-state index contributed by atoms with van der Waals surface area (Å²) in [5.74, 6) is 0.220. The van der Waals surface area contributed by atoms with Gasteiger partial charge in [0.15, 0.2) is 0 Å². The van der Waals surface area contributed by atoms with E-state index in [1.54, 1.807) is 19.2 Å². The van der Waals surface area contributed by atoms with E-state index >= 15 is 0 Å². The minimum Gasteiger partial charge on any atom is -0.508 e. The summed E-state index contributed by atoms with van der Waals surface area (Å²) >= 11 is 0. The molecule has 1 unspecified atom stereocenters. The molecule has 0 saturated carbocycles. The number of benzene rings is 1. The zero-order valence-electron chi connectivity index (χ0n) is 7.95. The van der Waals surface area contributed by atoms with Crippen molar-refractivity contribution in [2.24, 2.45) is 5.73 Å². The van der Waals surface area contributed by atoms with Gasteiger partial charge in [0.25, 0.3) is 0 Å². The number of ether oxygens (including phenoxy) is 1. The zero-order chi connectivity index (χ0) is 9.90. The van der Waals surface area contributed by atoms with Gasteiger partial charge in [-0.25, -0.2) is 0 Å². The van der Waals surface area contributed by atoms with E-state index in [-0.39, 0.29) is 5.75 Å².